The van der Waals surface area contributed by atoms with Crippen molar-refractivity contribution in [2.45, 2.75) is 12.8 Å². The quantitative estimate of drug-likeness (QED) is 0.587. The lowest BCUT2D eigenvalue weighted by molar-refractivity contribution is -0.0000114. The number of benzene rings is 2. The van der Waals surface area contributed by atoms with Gasteiger partial charge in [-0.15, -0.1) is 0 Å². The van der Waals surface area contributed by atoms with Gasteiger partial charge in [-0.25, -0.2) is 0 Å². The van der Waals surface area contributed by atoms with Gasteiger partial charge in [0.1, 0.15) is 11.5 Å². The van der Waals surface area contributed by atoms with Crippen LogP contribution in [0.2, 0.25) is 0 Å². The third kappa shape index (κ3) is 3.40. The zero-order valence-electron chi connectivity index (χ0n) is 10.8. The van der Waals surface area contributed by atoms with Crippen molar-refractivity contribution in [1.82, 2.24) is 0 Å². The van der Waals surface area contributed by atoms with E-state index in [-0.39, 0.29) is 17.0 Å². The molecule has 1 heterocycles. The molecule has 0 aromatic heterocycles. The average Bonchev–Trinajstić information content (AvgIpc) is 2.91. The number of carbonyl (C=O) groups excluding carboxylic acids is 1. The first-order chi connectivity index (χ1) is 8.83. The van der Waals surface area contributed by atoms with Crippen LogP contribution in [-0.4, -0.2) is 23.0 Å². The average molecular weight is 337 g/mol. The van der Waals surface area contributed by atoms with Gasteiger partial charge in [-0.05, 0) is 40.6 Å². The molecule has 1 fully saturated rings. The Labute approximate surface area is 127 Å². The predicted molar refractivity (Wildman–Crippen MR) is 79.5 cm³/mol. The van der Waals surface area contributed by atoms with Gasteiger partial charge in [-0.2, -0.15) is 0 Å². The molecule has 0 aliphatic carbocycles. The van der Waals surface area contributed by atoms with E-state index in [1.165, 1.54) is 29.7 Å². The summed E-state index contributed by atoms with van der Waals surface area (Å²) >= 11 is 0. The van der Waals surface area contributed by atoms with Crippen LogP contribution < -0.4 is 17.0 Å². The standard InChI is InChI=1S/C16H17OS.BrH/c17-16(12-18-9-3-4-10-18)15-8-7-13-5-1-2-6-14(13)11-15;/h1-2,5-8,11H,3-4,9-10,12H2;1H/q+1;/p-1. The summed E-state index contributed by atoms with van der Waals surface area (Å²) in [4.78, 5) is 12.3. The van der Waals surface area contributed by atoms with E-state index in [4.69, 9.17) is 0 Å². The van der Waals surface area contributed by atoms with E-state index in [0.29, 0.717) is 16.7 Å². The first kappa shape index (κ1) is 14.6. The van der Waals surface area contributed by atoms with E-state index in [1.54, 1.807) is 0 Å². The summed E-state index contributed by atoms with van der Waals surface area (Å²) in [5.74, 6) is 3.61. The van der Waals surface area contributed by atoms with Crippen LogP contribution in [0.3, 0.4) is 0 Å². The maximum Gasteiger partial charge on any atom is 0.211 e. The van der Waals surface area contributed by atoms with Crippen LogP contribution in [0.5, 0.6) is 0 Å². The Hall–Kier alpha value is -0.800. The monoisotopic (exact) mass is 336 g/mol. The third-order valence-corrected chi connectivity index (χ3v) is 5.93. The zero-order valence-corrected chi connectivity index (χ0v) is 13.2. The van der Waals surface area contributed by atoms with Crippen molar-refractivity contribution in [3.8, 4) is 0 Å². The molecule has 1 aliphatic rings. The molecule has 0 saturated carbocycles. The molecule has 2 aromatic carbocycles. The number of carbonyl (C=O) groups is 1. The molecule has 1 aliphatic heterocycles. The van der Waals surface area contributed by atoms with Gasteiger partial charge in [0.15, 0.2) is 5.75 Å². The fourth-order valence-electron chi connectivity index (χ4n) is 2.49. The minimum atomic E-state index is 0. The molecular weight excluding hydrogens is 320 g/mol. The molecule has 0 spiro atoms. The van der Waals surface area contributed by atoms with Crippen LogP contribution in [-0.2, 0) is 10.9 Å². The summed E-state index contributed by atoms with van der Waals surface area (Å²) in [6.45, 7) is 0. The highest BCUT2D eigenvalue weighted by molar-refractivity contribution is 7.97. The van der Waals surface area contributed by atoms with Gasteiger partial charge >= 0.3 is 0 Å². The Morgan fingerprint density at radius 3 is 2.42 bits per heavy atom. The Bertz CT molecular complexity index is 576. The van der Waals surface area contributed by atoms with E-state index < -0.39 is 0 Å². The SMILES string of the molecule is O=C(C[S+]1CCCC1)c1ccc2ccccc2c1.[Br-]. The number of rotatable bonds is 3. The lowest BCUT2D eigenvalue weighted by Crippen LogP contribution is -3.00. The number of hydrogen-bond acceptors (Lipinski definition) is 1. The Kier molecular flexibility index (Phi) is 5.06. The van der Waals surface area contributed by atoms with Gasteiger partial charge in [0.2, 0.25) is 5.78 Å². The molecule has 1 saturated heterocycles. The normalized spacial score (nSPS) is 15.4. The highest BCUT2D eigenvalue weighted by Gasteiger charge is 2.27. The third-order valence-electron chi connectivity index (χ3n) is 3.52. The predicted octanol–water partition coefficient (Wildman–Crippen LogP) is 0.439. The molecule has 0 radical (unpaired) electrons. The van der Waals surface area contributed by atoms with Crippen molar-refractivity contribution in [1.29, 1.82) is 0 Å². The second-order valence-electron chi connectivity index (χ2n) is 4.86. The molecular formula is C16H17BrOS. The highest BCUT2D eigenvalue weighted by atomic mass is 79.9. The molecule has 0 bridgehead atoms. The molecule has 0 amide bonds. The molecule has 0 unspecified atom stereocenters. The van der Waals surface area contributed by atoms with Crippen molar-refractivity contribution >= 4 is 27.5 Å². The van der Waals surface area contributed by atoms with Crippen molar-refractivity contribution in [3.63, 3.8) is 0 Å². The zero-order chi connectivity index (χ0) is 12.4. The molecule has 0 atom stereocenters. The van der Waals surface area contributed by atoms with Gasteiger partial charge in [0.05, 0.1) is 0 Å². The Morgan fingerprint density at radius 1 is 1.00 bits per heavy atom. The summed E-state index contributed by atoms with van der Waals surface area (Å²) in [5.41, 5.74) is 0.883. The molecule has 0 N–H and O–H groups in total. The van der Waals surface area contributed by atoms with Gasteiger partial charge in [0.25, 0.3) is 0 Å². The summed E-state index contributed by atoms with van der Waals surface area (Å²) < 4.78 is 0. The second kappa shape index (κ2) is 6.58. The maximum atomic E-state index is 12.3. The first-order valence-corrected chi connectivity index (χ1v) is 8.22. The number of hydrogen-bond donors (Lipinski definition) is 0. The lowest BCUT2D eigenvalue weighted by atomic mass is 10.1. The number of ketones is 1. The van der Waals surface area contributed by atoms with Gasteiger partial charge in [0, 0.05) is 5.56 Å². The van der Waals surface area contributed by atoms with Crippen molar-refractivity contribution in [2.24, 2.45) is 0 Å². The summed E-state index contributed by atoms with van der Waals surface area (Å²) in [5, 5.41) is 2.37. The minimum Gasteiger partial charge on any atom is -1.00 e. The summed E-state index contributed by atoms with van der Waals surface area (Å²) in [7, 11) is 0.359. The van der Waals surface area contributed by atoms with E-state index in [0.717, 1.165) is 16.7 Å². The largest absolute Gasteiger partial charge is 1.00 e. The number of fused-ring (bicyclic) bond motifs is 1. The number of Topliss-reactive ketones (excluding diaryl/α,β-unsaturated/α-hetero) is 1. The molecule has 1 nitrogen and oxygen atoms in total. The van der Waals surface area contributed by atoms with E-state index in [1.807, 2.05) is 24.3 Å². The van der Waals surface area contributed by atoms with Crippen LogP contribution in [0.4, 0.5) is 0 Å². The first-order valence-electron chi connectivity index (χ1n) is 6.49. The fourth-order valence-corrected chi connectivity index (χ4v) is 4.75. The van der Waals surface area contributed by atoms with Gasteiger partial charge < -0.3 is 17.0 Å². The van der Waals surface area contributed by atoms with Gasteiger partial charge in [-0.1, -0.05) is 36.4 Å². The smallest absolute Gasteiger partial charge is 0.211 e. The second-order valence-corrected chi connectivity index (χ2v) is 7.19. The van der Waals surface area contributed by atoms with Crippen molar-refractivity contribution < 1.29 is 21.8 Å². The van der Waals surface area contributed by atoms with Crippen LogP contribution in [0, 0.1) is 0 Å². The van der Waals surface area contributed by atoms with Crippen molar-refractivity contribution in [3.05, 3.63) is 48.0 Å². The summed E-state index contributed by atoms with van der Waals surface area (Å²) in [6, 6.07) is 14.3. The van der Waals surface area contributed by atoms with Crippen LogP contribution in [0.25, 0.3) is 10.8 Å². The molecule has 19 heavy (non-hydrogen) atoms. The van der Waals surface area contributed by atoms with Crippen LogP contribution in [0.1, 0.15) is 23.2 Å². The van der Waals surface area contributed by atoms with Crippen LogP contribution in [0.15, 0.2) is 42.5 Å². The maximum absolute atomic E-state index is 12.3. The minimum absolute atomic E-state index is 0. The van der Waals surface area contributed by atoms with E-state index in [2.05, 4.69) is 18.2 Å². The Balaban J connectivity index is 0.00000133. The van der Waals surface area contributed by atoms with Crippen molar-refractivity contribution in [2.75, 3.05) is 17.3 Å². The van der Waals surface area contributed by atoms with Crippen LogP contribution >= 0.6 is 0 Å². The van der Waals surface area contributed by atoms with Gasteiger partial charge in [-0.3, -0.25) is 4.79 Å². The highest BCUT2D eigenvalue weighted by Crippen LogP contribution is 2.19. The molecule has 3 heteroatoms. The topological polar surface area (TPSA) is 17.1 Å². The Morgan fingerprint density at radius 2 is 1.68 bits per heavy atom. The molecule has 100 valence electrons. The number of halogens is 1. The molecule has 2 aromatic rings. The molecule has 3 rings (SSSR count). The lowest BCUT2D eigenvalue weighted by Gasteiger charge is -2.03. The summed E-state index contributed by atoms with van der Waals surface area (Å²) in [6.07, 6.45) is 2.63. The van der Waals surface area contributed by atoms with E-state index >= 15 is 0 Å². The van der Waals surface area contributed by atoms with E-state index in [9.17, 15) is 4.79 Å². The fraction of sp³-hybridized carbons (Fsp3) is 0.312.